The SMILES string of the molecule is CCCC(C#N)C(=O)NC(C)(C)CC(N)=O. The Labute approximate surface area is 96.0 Å². The molecule has 0 bridgehead atoms. The van der Waals surface area contributed by atoms with Crippen LogP contribution < -0.4 is 11.1 Å². The van der Waals surface area contributed by atoms with E-state index in [1.165, 1.54) is 0 Å². The summed E-state index contributed by atoms with van der Waals surface area (Å²) in [6.45, 7) is 5.32. The lowest BCUT2D eigenvalue weighted by Crippen LogP contribution is -2.48. The summed E-state index contributed by atoms with van der Waals surface area (Å²) >= 11 is 0. The molecule has 0 heterocycles. The second-order valence-corrected chi connectivity index (χ2v) is 4.49. The largest absolute Gasteiger partial charge is 0.370 e. The van der Waals surface area contributed by atoms with Gasteiger partial charge in [-0.05, 0) is 20.3 Å². The van der Waals surface area contributed by atoms with Crippen LogP contribution >= 0.6 is 0 Å². The van der Waals surface area contributed by atoms with Gasteiger partial charge >= 0.3 is 0 Å². The van der Waals surface area contributed by atoms with Gasteiger partial charge in [0.05, 0.1) is 6.07 Å². The maximum absolute atomic E-state index is 11.7. The summed E-state index contributed by atoms with van der Waals surface area (Å²) in [6.07, 6.45) is 1.35. The Balaban J connectivity index is 4.42. The molecule has 0 saturated carbocycles. The molecule has 0 aliphatic carbocycles. The first-order valence-electron chi connectivity index (χ1n) is 5.32. The van der Waals surface area contributed by atoms with Crippen molar-refractivity contribution in [3.8, 4) is 6.07 Å². The van der Waals surface area contributed by atoms with Crippen LogP contribution in [0.3, 0.4) is 0 Å². The maximum Gasteiger partial charge on any atom is 0.237 e. The highest BCUT2D eigenvalue weighted by Gasteiger charge is 2.26. The van der Waals surface area contributed by atoms with Gasteiger partial charge in [-0.2, -0.15) is 5.26 Å². The number of nitrogens with zero attached hydrogens (tertiary/aromatic N) is 1. The highest BCUT2D eigenvalue weighted by Crippen LogP contribution is 2.11. The summed E-state index contributed by atoms with van der Waals surface area (Å²) in [5, 5.41) is 11.5. The number of nitrogens with one attached hydrogen (secondary N) is 1. The summed E-state index contributed by atoms with van der Waals surface area (Å²) in [5.74, 6) is -1.47. The van der Waals surface area contributed by atoms with Crippen LogP contribution in [0.5, 0.6) is 0 Å². The molecule has 0 spiro atoms. The van der Waals surface area contributed by atoms with Gasteiger partial charge in [0.25, 0.3) is 0 Å². The lowest BCUT2D eigenvalue weighted by molar-refractivity contribution is -0.126. The van der Waals surface area contributed by atoms with E-state index in [0.29, 0.717) is 6.42 Å². The van der Waals surface area contributed by atoms with Gasteiger partial charge < -0.3 is 11.1 Å². The van der Waals surface area contributed by atoms with Crippen LogP contribution in [-0.4, -0.2) is 17.4 Å². The van der Waals surface area contributed by atoms with Crippen molar-refractivity contribution in [1.82, 2.24) is 5.32 Å². The first kappa shape index (κ1) is 14.4. The number of carbonyl (C=O) groups is 2. The fourth-order valence-electron chi connectivity index (χ4n) is 1.44. The molecule has 0 saturated heterocycles. The number of primary amides is 1. The zero-order chi connectivity index (χ0) is 12.8. The number of carbonyl (C=O) groups excluding carboxylic acids is 2. The minimum absolute atomic E-state index is 0.0585. The van der Waals surface area contributed by atoms with Crippen LogP contribution in [0.1, 0.15) is 40.0 Å². The molecule has 3 N–H and O–H groups in total. The number of nitrogens with two attached hydrogens (primary N) is 1. The Hall–Kier alpha value is -1.57. The fourth-order valence-corrected chi connectivity index (χ4v) is 1.44. The molecule has 1 atom stereocenters. The number of nitriles is 1. The van der Waals surface area contributed by atoms with Gasteiger partial charge in [0, 0.05) is 12.0 Å². The van der Waals surface area contributed by atoms with Gasteiger partial charge in [-0.15, -0.1) is 0 Å². The minimum Gasteiger partial charge on any atom is -0.370 e. The Bertz CT molecular complexity index is 305. The van der Waals surface area contributed by atoms with Crippen LogP contribution in [0.25, 0.3) is 0 Å². The molecule has 0 aliphatic rings. The monoisotopic (exact) mass is 225 g/mol. The highest BCUT2D eigenvalue weighted by molar-refractivity contribution is 5.83. The standard InChI is InChI=1S/C11H19N3O2/c1-4-5-8(7-12)10(16)14-11(2,3)6-9(13)15/h8H,4-6H2,1-3H3,(H2,13,15)(H,14,16). The van der Waals surface area contributed by atoms with E-state index in [4.69, 9.17) is 11.0 Å². The summed E-state index contributed by atoms with van der Waals surface area (Å²) < 4.78 is 0. The molecule has 1 unspecified atom stereocenters. The molecule has 0 aromatic rings. The van der Waals surface area contributed by atoms with Gasteiger partial charge in [-0.3, -0.25) is 9.59 Å². The number of hydrogen-bond donors (Lipinski definition) is 2. The zero-order valence-electron chi connectivity index (χ0n) is 10.0. The van der Waals surface area contributed by atoms with Crippen molar-refractivity contribution < 1.29 is 9.59 Å². The van der Waals surface area contributed by atoms with Crippen LogP contribution in [0, 0.1) is 17.2 Å². The lowest BCUT2D eigenvalue weighted by Gasteiger charge is -2.25. The summed E-state index contributed by atoms with van der Waals surface area (Å²) in [6, 6.07) is 1.95. The van der Waals surface area contributed by atoms with Crippen molar-refractivity contribution in [2.45, 2.75) is 45.6 Å². The second kappa shape index (κ2) is 6.11. The molecule has 90 valence electrons. The van der Waals surface area contributed by atoms with E-state index in [1.54, 1.807) is 13.8 Å². The molecule has 0 aromatic carbocycles. The summed E-state index contributed by atoms with van der Waals surface area (Å²) in [7, 11) is 0. The van der Waals surface area contributed by atoms with Crippen molar-refractivity contribution in [2.24, 2.45) is 11.7 Å². The molecule has 0 radical (unpaired) electrons. The molecule has 5 nitrogen and oxygen atoms in total. The smallest absolute Gasteiger partial charge is 0.237 e. The summed E-state index contributed by atoms with van der Waals surface area (Å²) in [4.78, 5) is 22.4. The van der Waals surface area contributed by atoms with E-state index in [1.807, 2.05) is 13.0 Å². The Morgan fingerprint density at radius 2 is 2.06 bits per heavy atom. The van der Waals surface area contributed by atoms with Gasteiger partial charge in [-0.25, -0.2) is 0 Å². The average molecular weight is 225 g/mol. The first-order valence-corrected chi connectivity index (χ1v) is 5.32. The first-order chi connectivity index (χ1) is 7.32. The molecule has 0 fully saturated rings. The van der Waals surface area contributed by atoms with Crippen LogP contribution in [0.15, 0.2) is 0 Å². The Morgan fingerprint density at radius 3 is 2.44 bits per heavy atom. The number of rotatable bonds is 6. The van der Waals surface area contributed by atoms with Crippen molar-refractivity contribution in [3.05, 3.63) is 0 Å². The predicted molar refractivity (Wildman–Crippen MR) is 60.0 cm³/mol. The van der Waals surface area contributed by atoms with Crippen molar-refractivity contribution in [1.29, 1.82) is 5.26 Å². The molecular formula is C11H19N3O2. The number of amides is 2. The van der Waals surface area contributed by atoms with E-state index in [-0.39, 0.29) is 12.3 Å². The van der Waals surface area contributed by atoms with Crippen LogP contribution in [0.4, 0.5) is 0 Å². The Morgan fingerprint density at radius 1 is 1.50 bits per heavy atom. The van der Waals surface area contributed by atoms with E-state index in [0.717, 1.165) is 6.42 Å². The molecular weight excluding hydrogens is 206 g/mol. The minimum atomic E-state index is -0.703. The normalized spacial score (nSPS) is 12.6. The van der Waals surface area contributed by atoms with Crippen LogP contribution in [-0.2, 0) is 9.59 Å². The molecule has 5 heteroatoms. The predicted octanol–water partition coefficient (Wildman–Crippen LogP) is 0.696. The van der Waals surface area contributed by atoms with E-state index < -0.39 is 17.4 Å². The second-order valence-electron chi connectivity index (χ2n) is 4.49. The molecule has 2 amide bonds. The quantitative estimate of drug-likeness (QED) is 0.696. The van der Waals surface area contributed by atoms with E-state index in [2.05, 4.69) is 5.32 Å². The van der Waals surface area contributed by atoms with Gasteiger partial charge in [0.2, 0.25) is 11.8 Å². The molecule has 0 aromatic heterocycles. The van der Waals surface area contributed by atoms with Crippen molar-refractivity contribution >= 4 is 11.8 Å². The molecule has 0 aliphatic heterocycles. The topological polar surface area (TPSA) is 96.0 Å². The lowest BCUT2D eigenvalue weighted by atomic mass is 9.97. The highest BCUT2D eigenvalue weighted by atomic mass is 16.2. The molecule has 0 rings (SSSR count). The molecule has 16 heavy (non-hydrogen) atoms. The third kappa shape index (κ3) is 5.35. The number of hydrogen-bond acceptors (Lipinski definition) is 3. The fraction of sp³-hybridized carbons (Fsp3) is 0.727. The average Bonchev–Trinajstić information content (AvgIpc) is 2.10. The zero-order valence-corrected chi connectivity index (χ0v) is 10.0. The maximum atomic E-state index is 11.7. The van der Waals surface area contributed by atoms with Gasteiger partial charge in [-0.1, -0.05) is 13.3 Å². The van der Waals surface area contributed by atoms with E-state index >= 15 is 0 Å². The van der Waals surface area contributed by atoms with E-state index in [9.17, 15) is 9.59 Å². The third-order valence-electron chi connectivity index (χ3n) is 2.13. The van der Waals surface area contributed by atoms with Gasteiger partial charge in [0.1, 0.15) is 5.92 Å². The van der Waals surface area contributed by atoms with Crippen molar-refractivity contribution in [2.75, 3.05) is 0 Å². The van der Waals surface area contributed by atoms with Crippen LogP contribution in [0.2, 0.25) is 0 Å². The van der Waals surface area contributed by atoms with Crippen molar-refractivity contribution in [3.63, 3.8) is 0 Å². The Kier molecular flexibility index (Phi) is 5.51. The third-order valence-corrected chi connectivity index (χ3v) is 2.13. The summed E-state index contributed by atoms with van der Waals surface area (Å²) in [5.41, 5.74) is 4.36. The van der Waals surface area contributed by atoms with Gasteiger partial charge in [0.15, 0.2) is 0 Å².